The van der Waals surface area contributed by atoms with Crippen LogP contribution in [0.5, 0.6) is 0 Å². The SMILES string of the molecule is Cc1cccc(C(=O)NNC(=O)/C=C/c2ccc(N(C)C)cc2)c1. The van der Waals surface area contributed by atoms with E-state index in [1.165, 1.54) is 6.08 Å². The van der Waals surface area contributed by atoms with Gasteiger partial charge in [0.2, 0.25) is 0 Å². The molecular weight excluding hydrogens is 302 g/mol. The van der Waals surface area contributed by atoms with Crippen LogP contribution < -0.4 is 15.8 Å². The van der Waals surface area contributed by atoms with Crippen molar-refractivity contribution < 1.29 is 9.59 Å². The molecule has 0 bridgehead atoms. The second kappa shape index (κ2) is 7.97. The quantitative estimate of drug-likeness (QED) is 0.671. The Balaban J connectivity index is 1.87. The van der Waals surface area contributed by atoms with Crippen molar-refractivity contribution in [1.29, 1.82) is 0 Å². The minimum Gasteiger partial charge on any atom is -0.378 e. The molecule has 5 nitrogen and oxygen atoms in total. The summed E-state index contributed by atoms with van der Waals surface area (Å²) in [7, 11) is 3.93. The molecule has 0 aliphatic rings. The van der Waals surface area contributed by atoms with Crippen LogP contribution in [0.2, 0.25) is 0 Å². The average Bonchev–Trinajstić information content (AvgIpc) is 2.58. The number of hydrogen-bond acceptors (Lipinski definition) is 3. The molecule has 0 spiro atoms. The van der Waals surface area contributed by atoms with E-state index >= 15 is 0 Å². The molecule has 0 heterocycles. The molecule has 0 unspecified atom stereocenters. The first-order valence-corrected chi connectivity index (χ1v) is 7.58. The predicted molar refractivity (Wildman–Crippen MR) is 96.6 cm³/mol. The van der Waals surface area contributed by atoms with E-state index < -0.39 is 5.91 Å². The van der Waals surface area contributed by atoms with Gasteiger partial charge in [-0.1, -0.05) is 29.8 Å². The van der Waals surface area contributed by atoms with Crippen LogP contribution in [0.4, 0.5) is 5.69 Å². The predicted octanol–water partition coefficient (Wildman–Crippen LogP) is 2.54. The van der Waals surface area contributed by atoms with Gasteiger partial charge in [0.1, 0.15) is 0 Å². The molecular formula is C19H21N3O2. The van der Waals surface area contributed by atoms with Gasteiger partial charge in [-0.25, -0.2) is 0 Å². The van der Waals surface area contributed by atoms with E-state index in [9.17, 15) is 9.59 Å². The minimum absolute atomic E-state index is 0.351. The topological polar surface area (TPSA) is 61.4 Å². The first kappa shape index (κ1) is 17.3. The maximum Gasteiger partial charge on any atom is 0.269 e. The summed E-state index contributed by atoms with van der Waals surface area (Å²) in [6.45, 7) is 1.90. The van der Waals surface area contributed by atoms with Crippen molar-refractivity contribution in [2.24, 2.45) is 0 Å². The Kier molecular flexibility index (Phi) is 5.73. The maximum atomic E-state index is 11.9. The van der Waals surface area contributed by atoms with E-state index in [1.54, 1.807) is 24.3 Å². The molecule has 24 heavy (non-hydrogen) atoms. The number of anilines is 1. The number of carbonyl (C=O) groups is 2. The molecule has 0 atom stereocenters. The maximum absolute atomic E-state index is 11.9. The van der Waals surface area contributed by atoms with Gasteiger partial charge < -0.3 is 4.90 Å². The molecule has 0 radical (unpaired) electrons. The van der Waals surface area contributed by atoms with Crippen LogP contribution in [-0.2, 0) is 4.79 Å². The lowest BCUT2D eigenvalue weighted by atomic mass is 10.1. The van der Waals surface area contributed by atoms with Gasteiger partial charge in [0.25, 0.3) is 11.8 Å². The van der Waals surface area contributed by atoms with E-state index in [1.807, 2.05) is 56.3 Å². The fraction of sp³-hybridized carbons (Fsp3) is 0.158. The van der Waals surface area contributed by atoms with E-state index in [-0.39, 0.29) is 5.91 Å². The molecule has 0 fully saturated rings. The third-order valence-corrected chi connectivity index (χ3v) is 3.42. The summed E-state index contributed by atoms with van der Waals surface area (Å²) in [6, 6.07) is 14.9. The molecule has 2 aromatic carbocycles. The fourth-order valence-corrected chi connectivity index (χ4v) is 2.07. The normalized spacial score (nSPS) is 10.5. The molecule has 0 saturated carbocycles. The Morgan fingerprint density at radius 3 is 2.33 bits per heavy atom. The van der Waals surface area contributed by atoms with Crippen LogP contribution in [0.25, 0.3) is 6.08 Å². The van der Waals surface area contributed by atoms with Crippen LogP contribution in [0.1, 0.15) is 21.5 Å². The first-order chi connectivity index (χ1) is 11.5. The van der Waals surface area contributed by atoms with Gasteiger partial charge in [-0.3, -0.25) is 20.4 Å². The Labute approximate surface area is 142 Å². The second-order valence-corrected chi connectivity index (χ2v) is 5.63. The Morgan fingerprint density at radius 2 is 1.71 bits per heavy atom. The zero-order chi connectivity index (χ0) is 17.5. The van der Waals surface area contributed by atoms with Crippen LogP contribution >= 0.6 is 0 Å². The van der Waals surface area contributed by atoms with Crippen LogP contribution in [0.15, 0.2) is 54.6 Å². The number of nitrogens with one attached hydrogen (secondary N) is 2. The molecule has 124 valence electrons. The lowest BCUT2D eigenvalue weighted by Gasteiger charge is -2.11. The zero-order valence-electron chi connectivity index (χ0n) is 14.0. The zero-order valence-corrected chi connectivity index (χ0v) is 14.0. The van der Waals surface area contributed by atoms with Crippen molar-refractivity contribution in [1.82, 2.24) is 10.9 Å². The number of rotatable bonds is 4. The summed E-state index contributed by atoms with van der Waals surface area (Å²) < 4.78 is 0. The van der Waals surface area contributed by atoms with Crippen molar-refractivity contribution in [3.8, 4) is 0 Å². The lowest BCUT2D eigenvalue weighted by molar-refractivity contribution is -0.117. The Bertz CT molecular complexity index is 749. The van der Waals surface area contributed by atoms with Gasteiger partial charge in [-0.2, -0.15) is 0 Å². The van der Waals surface area contributed by atoms with Gasteiger partial charge in [-0.15, -0.1) is 0 Å². The smallest absolute Gasteiger partial charge is 0.269 e. The van der Waals surface area contributed by atoms with Gasteiger partial charge in [0.15, 0.2) is 0 Å². The molecule has 0 aromatic heterocycles. The summed E-state index contributed by atoms with van der Waals surface area (Å²) in [6.07, 6.45) is 3.06. The van der Waals surface area contributed by atoms with Gasteiger partial charge in [0.05, 0.1) is 0 Å². The fourth-order valence-electron chi connectivity index (χ4n) is 2.07. The molecule has 2 rings (SSSR count). The number of carbonyl (C=O) groups excluding carboxylic acids is 2. The highest BCUT2D eigenvalue weighted by Crippen LogP contribution is 2.13. The first-order valence-electron chi connectivity index (χ1n) is 7.58. The molecule has 2 aromatic rings. The van der Waals surface area contributed by atoms with Crippen molar-refractivity contribution in [2.75, 3.05) is 19.0 Å². The largest absolute Gasteiger partial charge is 0.378 e. The monoisotopic (exact) mass is 323 g/mol. The second-order valence-electron chi connectivity index (χ2n) is 5.63. The van der Waals surface area contributed by atoms with E-state index in [2.05, 4.69) is 10.9 Å². The summed E-state index contributed by atoms with van der Waals surface area (Å²) in [4.78, 5) is 25.7. The third-order valence-electron chi connectivity index (χ3n) is 3.42. The Morgan fingerprint density at radius 1 is 1.00 bits per heavy atom. The minimum atomic E-state index is -0.396. The van der Waals surface area contributed by atoms with E-state index in [4.69, 9.17) is 0 Å². The highest BCUT2D eigenvalue weighted by atomic mass is 16.2. The summed E-state index contributed by atoms with van der Waals surface area (Å²) in [5.74, 6) is -0.747. The van der Waals surface area contributed by atoms with Gasteiger partial charge >= 0.3 is 0 Å². The van der Waals surface area contributed by atoms with Crippen molar-refractivity contribution >= 4 is 23.6 Å². The van der Waals surface area contributed by atoms with Crippen LogP contribution in [0.3, 0.4) is 0 Å². The number of hydrazine groups is 1. The number of aryl methyl sites for hydroxylation is 1. The summed E-state index contributed by atoms with van der Waals surface area (Å²) in [5.41, 5.74) is 8.23. The Hall–Kier alpha value is -3.08. The molecule has 0 aliphatic carbocycles. The number of nitrogens with zero attached hydrogens (tertiary/aromatic N) is 1. The molecule has 2 amide bonds. The summed E-state index contributed by atoms with van der Waals surface area (Å²) >= 11 is 0. The van der Waals surface area contributed by atoms with Crippen molar-refractivity contribution in [2.45, 2.75) is 6.92 Å². The van der Waals surface area contributed by atoms with Gasteiger partial charge in [-0.05, 0) is 42.8 Å². The van der Waals surface area contributed by atoms with Crippen molar-refractivity contribution in [3.05, 3.63) is 71.3 Å². The van der Waals surface area contributed by atoms with Gasteiger partial charge in [0, 0.05) is 31.4 Å². The molecule has 2 N–H and O–H groups in total. The van der Waals surface area contributed by atoms with Crippen LogP contribution in [-0.4, -0.2) is 25.9 Å². The standard InChI is InChI=1S/C19H21N3O2/c1-14-5-4-6-16(13-14)19(24)21-20-18(23)12-9-15-7-10-17(11-8-15)22(2)3/h4-13H,1-3H3,(H,20,23)(H,21,24)/b12-9+. The number of hydrogen-bond donors (Lipinski definition) is 2. The third kappa shape index (κ3) is 4.98. The highest BCUT2D eigenvalue weighted by molar-refractivity contribution is 5.98. The van der Waals surface area contributed by atoms with Crippen molar-refractivity contribution in [3.63, 3.8) is 0 Å². The van der Waals surface area contributed by atoms with E-state index in [0.717, 1.165) is 16.8 Å². The number of benzene rings is 2. The molecule has 0 aliphatic heterocycles. The molecule has 0 saturated heterocycles. The van der Waals surface area contributed by atoms with E-state index in [0.29, 0.717) is 5.56 Å². The number of amides is 2. The van der Waals surface area contributed by atoms with Crippen LogP contribution in [0, 0.1) is 6.92 Å². The highest BCUT2D eigenvalue weighted by Gasteiger charge is 2.05. The molecule has 5 heteroatoms. The lowest BCUT2D eigenvalue weighted by Crippen LogP contribution is -2.40. The average molecular weight is 323 g/mol. The summed E-state index contributed by atoms with van der Waals surface area (Å²) in [5, 5.41) is 0.